The lowest BCUT2D eigenvalue weighted by Gasteiger charge is -2.36. The number of thioether (sulfide) groups is 1. The molecule has 7 nitrogen and oxygen atoms in total. The summed E-state index contributed by atoms with van der Waals surface area (Å²) in [4.78, 5) is 42.9. The molecule has 9 heteroatoms. The Hall–Kier alpha value is -0.800. The van der Waals surface area contributed by atoms with Crippen LogP contribution >= 0.6 is 27.7 Å². The average molecular weight is 559 g/mol. The van der Waals surface area contributed by atoms with Crippen LogP contribution in [0.5, 0.6) is 0 Å². The Morgan fingerprint density at radius 2 is 1.88 bits per heavy atom. The molecular weight excluding hydrogens is 518 g/mol. The molecule has 34 heavy (non-hydrogen) atoms. The van der Waals surface area contributed by atoms with Gasteiger partial charge in [0.15, 0.2) is 0 Å². The first kappa shape index (κ1) is 26.3. The Labute approximate surface area is 216 Å². The number of hydrogen-bond acceptors (Lipinski definition) is 5. The van der Waals surface area contributed by atoms with Crippen LogP contribution in [-0.4, -0.2) is 74.3 Å². The molecule has 3 unspecified atom stereocenters. The van der Waals surface area contributed by atoms with Crippen LogP contribution in [-0.2, 0) is 14.4 Å². The highest BCUT2D eigenvalue weighted by Gasteiger charge is 2.75. The summed E-state index contributed by atoms with van der Waals surface area (Å²) >= 11 is 5.53. The summed E-state index contributed by atoms with van der Waals surface area (Å²) in [5, 5.41) is 15.4. The summed E-state index contributed by atoms with van der Waals surface area (Å²) in [5.41, 5.74) is 0. The Bertz CT molecular complexity index is 764. The topological polar surface area (TPSA) is 98.7 Å². The number of aliphatic hydroxyl groups excluding tert-OH is 1. The molecule has 1 aliphatic carbocycles. The van der Waals surface area contributed by atoms with E-state index >= 15 is 0 Å². The third kappa shape index (κ3) is 4.90. The Balaban J connectivity index is 1.58. The number of carbonyl (C=O) groups excluding carboxylic acids is 3. The molecule has 0 aromatic carbocycles. The van der Waals surface area contributed by atoms with E-state index in [0.717, 1.165) is 64.2 Å². The quantitative estimate of drug-likeness (QED) is 0.268. The van der Waals surface area contributed by atoms with Gasteiger partial charge in [0.1, 0.15) is 6.04 Å². The molecule has 0 aromatic rings. The van der Waals surface area contributed by atoms with Crippen LogP contribution in [0.25, 0.3) is 0 Å². The molecule has 3 aliphatic heterocycles. The van der Waals surface area contributed by atoms with E-state index in [1.807, 2.05) is 11.8 Å². The van der Waals surface area contributed by atoms with E-state index in [0.29, 0.717) is 13.1 Å². The van der Waals surface area contributed by atoms with E-state index < -0.39 is 22.6 Å². The zero-order valence-electron chi connectivity index (χ0n) is 20.3. The van der Waals surface area contributed by atoms with Gasteiger partial charge in [-0.25, -0.2) is 0 Å². The number of rotatable bonds is 11. The second kappa shape index (κ2) is 11.5. The van der Waals surface area contributed by atoms with Crippen molar-refractivity contribution in [1.29, 1.82) is 0 Å². The second-order valence-electron chi connectivity index (χ2n) is 10.5. The van der Waals surface area contributed by atoms with Crippen LogP contribution in [0.15, 0.2) is 0 Å². The Morgan fingerprint density at radius 3 is 2.59 bits per heavy atom. The molecule has 192 valence electrons. The third-order valence-electron chi connectivity index (χ3n) is 8.15. The van der Waals surface area contributed by atoms with Crippen molar-refractivity contribution in [1.82, 2.24) is 15.5 Å². The molecule has 1 spiro atoms. The van der Waals surface area contributed by atoms with E-state index in [1.54, 1.807) is 11.8 Å². The normalized spacial score (nSPS) is 35.0. The lowest BCUT2D eigenvalue weighted by Crippen LogP contribution is -2.56. The average Bonchev–Trinajstić information content (AvgIpc) is 3.41. The van der Waals surface area contributed by atoms with Crippen molar-refractivity contribution in [2.75, 3.05) is 19.7 Å². The van der Waals surface area contributed by atoms with Crippen molar-refractivity contribution in [3.05, 3.63) is 0 Å². The van der Waals surface area contributed by atoms with Crippen LogP contribution in [0.1, 0.15) is 77.6 Å². The summed E-state index contributed by atoms with van der Waals surface area (Å²) in [6, 6.07) is -0.339. The number of nitrogens with zero attached hydrogens (tertiary/aromatic N) is 1. The first-order chi connectivity index (χ1) is 16.4. The van der Waals surface area contributed by atoms with Crippen LogP contribution in [0.3, 0.4) is 0 Å². The maximum Gasteiger partial charge on any atom is 0.244 e. The van der Waals surface area contributed by atoms with E-state index in [2.05, 4.69) is 26.6 Å². The van der Waals surface area contributed by atoms with Crippen molar-refractivity contribution >= 4 is 45.4 Å². The van der Waals surface area contributed by atoms with Gasteiger partial charge in [0.05, 0.1) is 16.6 Å². The molecule has 4 fully saturated rings. The molecule has 4 aliphatic rings. The highest BCUT2D eigenvalue weighted by molar-refractivity contribution is 9.09. The van der Waals surface area contributed by atoms with E-state index in [4.69, 9.17) is 5.11 Å². The zero-order valence-corrected chi connectivity index (χ0v) is 22.7. The minimum Gasteiger partial charge on any atom is -0.396 e. The summed E-state index contributed by atoms with van der Waals surface area (Å²) in [5.74, 6) is -0.920. The van der Waals surface area contributed by atoms with Crippen LogP contribution in [0, 0.1) is 11.8 Å². The highest BCUT2D eigenvalue weighted by atomic mass is 79.9. The number of nitrogens with one attached hydrogen (secondary N) is 2. The molecule has 6 atom stereocenters. The molecule has 3 N–H and O–H groups in total. The Kier molecular flexibility index (Phi) is 8.89. The van der Waals surface area contributed by atoms with Gasteiger partial charge in [-0.1, -0.05) is 55.0 Å². The predicted octanol–water partition coefficient (Wildman–Crippen LogP) is 2.98. The van der Waals surface area contributed by atoms with Gasteiger partial charge >= 0.3 is 0 Å². The van der Waals surface area contributed by atoms with E-state index in [-0.39, 0.29) is 40.4 Å². The molecule has 0 aromatic heterocycles. The number of likely N-dealkylation sites (tertiary alicyclic amines) is 1. The van der Waals surface area contributed by atoms with E-state index in [1.165, 1.54) is 6.42 Å². The second-order valence-corrected chi connectivity index (χ2v) is 13.2. The predicted molar refractivity (Wildman–Crippen MR) is 138 cm³/mol. The lowest BCUT2D eigenvalue weighted by molar-refractivity contribution is -0.140. The van der Waals surface area contributed by atoms with Crippen molar-refractivity contribution < 1.29 is 19.5 Å². The number of fused-ring (bicyclic) bond motifs is 1. The van der Waals surface area contributed by atoms with Crippen molar-refractivity contribution in [3.8, 4) is 0 Å². The minimum atomic E-state index is -0.548. The number of halogens is 1. The SMILES string of the molecule is CCCNC(=O)[C@H]1[C@@H]2SC3(CC2Br)C(C(=O)NC2CCCCC2)N(CCCCCCO)C(=O)[C@H]13. The van der Waals surface area contributed by atoms with Crippen molar-refractivity contribution in [2.24, 2.45) is 11.8 Å². The maximum atomic E-state index is 13.9. The van der Waals surface area contributed by atoms with Crippen LogP contribution in [0.4, 0.5) is 0 Å². The van der Waals surface area contributed by atoms with Crippen molar-refractivity contribution in [3.63, 3.8) is 0 Å². The maximum absolute atomic E-state index is 13.9. The Morgan fingerprint density at radius 1 is 1.15 bits per heavy atom. The molecule has 2 bridgehead atoms. The number of carbonyl (C=O) groups is 3. The van der Waals surface area contributed by atoms with Crippen molar-refractivity contribution in [2.45, 2.75) is 104 Å². The van der Waals surface area contributed by atoms with Gasteiger partial charge in [-0.05, 0) is 38.5 Å². The van der Waals surface area contributed by atoms with Gasteiger partial charge in [-0.2, -0.15) is 0 Å². The highest BCUT2D eigenvalue weighted by Crippen LogP contribution is 2.67. The number of alkyl halides is 1. The summed E-state index contributed by atoms with van der Waals surface area (Å²) in [6.45, 7) is 3.34. The number of amides is 3. The molecule has 3 amide bonds. The van der Waals surface area contributed by atoms with Gasteiger partial charge in [0.25, 0.3) is 0 Å². The molecular formula is C25H40BrN3O4S. The smallest absolute Gasteiger partial charge is 0.244 e. The molecule has 3 heterocycles. The standard InChI is InChI=1S/C25H40BrN3O4S/c1-2-12-27-22(31)18-19-24(33)29(13-8-3-4-9-14-30)21(25(19)15-17(26)20(18)34-25)23(32)28-16-10-6-5-7-11-16/h16-21,30H,2-15H2,1H3,(H,27,31)(H,28,32)/t17?,18-,19+,20-,21?,25?/m1/s1. The molecule has 0 radical (unpaired) electrons. The number of unbranched alkanes of at least 4 members (excludes halogenated alkanes) is 3. The molecule has 1 saturated carbocycles. The van der Waals surface area contributed by atoms with Gasteiger partial charge < -0.3 is 20.6 Å². The molecule has 3 saturated heterocycles. The minimum absolute atomic E-state index is 0.0162. The van der Waals surface area contributed by atoms with Crippen LogP contribution < -0.4 is 10.6 Å². The molecule has 4 rings (SSSR count). The van der Waals surface area contributed by atoms with Gasteiger partial charge in [0, 0.05) is 35.8 Å². The zero-order chi connectivity index (χ0) is 24.3. The lowest BCUT2D eigenvalue weighted by atomic mass is 9.70. The summed E-state index contributed by atoms with van der Waals surface area (Å²) in [6.07, 6.45) is 10.5. The fourth-order valence-corrected chi connectivity index (χ4v) is 10.2. The summed E-state index contributed by atoms with van der Waals surface area (Å²) < 4.78 is -0.548. The van der Waals surface area contributed by atoms with Crippen LogP contribution in [0.2, 0.25) is 0 Å². The number of hydrogen-bond donors (Lipinski definition) is 3. The van der Waals surface area contributed by atoms with E-state index in [9.17, 15) is 14.4 Å². The first-order valence-corrected chi connectivity index (χ1v) is 15.1. The largest absolute Gasteiger partial charge is 0.396 e. The third-order valence-corrected chi connectivity index (χ3v) is 11.4. The van der Waals surface area contributed by atoms with Gasteiger partial charge in [-0.3, -0.25) is 14.4 Å². The fourth-order valence-electron chi connectivity index (χ4n) is 6.61. The fraction of sp³-hybridized carbons (Fsp3) is 0.880. The summed E-state index contributed by atoms with van der Waals surface area (Å²) in [7, 11) is 0. The van der Waals surface area contributed by atoms with Gasteiger partial charge in [0.2, 0.25) is 17.7 Å². The first-order valence-electron chi connectivity index (χ1n) is 13.3. The number of aliphatic hydroxyl groups is 1. The van der Waals surface area contributed by atoms with Gasteiger partial charge in [-0.15, -0.1) is 11.8 Å². The monoisotopic (exact) mass is 557 g/mol.